The Bertz CT molecular complexity index is 857. The van der Waals surface area contributed by atoms with Gasteiger partial charge < -0.3 is 14.2 Å². The Morgan fingerprint density at radius 2 is 1.54 bits per heavy atom. The van der Waals surface area contributed by atoms with Gasteiger partial charge in [0.05, 0.1) is 32.6 Å². The summed E-state index contributed by atoms with van der Waals surface area (Å²) < 4.78 is 16.2. The van der Waals surface area contributed by atoms with Gasteiger partial charge in [0.25, 0.3) is 0 Å². The summed E-state index contributed by atoms with van der Waals surface area (Å²) in [5, 5.41) is 2.25. The maximum atomic E-state index is 5.47. The minimum absolute atomic E-state index is 0.683. The zero-order chi connectivity index (χ0) is 16.9. The van der Waals surface area contributed by atoms with E-state index in [9.17, 15) is 0 Å². The molecule has 1 aromatic heterocycles. The number of aromatic nitrogens is 1. The zero-order valence-corrected chi connectivity index (χ0v) is 13.9. The van der Waals surface area contributed by atoms with Crippen LogP contribution in [0.15, 0.2) is 48.7 Å². The van der Waals surface area contributed by atoms with Gasteiger partial charge in [-0.1, -0.05) is 24.3 Å². The first kappa shape index (κ1) is 15.9. The van der Waals surface area contributed by atoms with Gasteiger partial charge in [-0.3, -0.25) is 4.98 Å². The van der Waals surface area contributed by atoms with Crippen LogP contribution in [0.1, 0.15) is 11.3 Å². The first-order chi connectivity index (χ1) is 11.8. The first-order valence-electron chi connectivity index (χ1n) is 7.58. The second kappa shape index (κ2) is 7.04. The Morgan fingerprint density at radius 1 is 0.833 bits per heavy atom. The van der Waals surface area contributed by atoms with Gasteiger partial charge in [0, 0.05) is 23.7 Å². The summed E-state index contributed by atoms with van der Waals surface area (Å²) in [6, 6.07) is 13.8. The Morgan fingerprint density at radius 3 is 2.21 bits per heavy atom. The Kier molecular flexibility index (Phi) is 4.66. The third-order valence-corrected chi connectivity index (χ3v) is 3.87. The van der Waals surface area contributed by atoms with Crippen LogP contribution in [0.3, 0.4) is 0 Å². The lowest BCUT2D eigenvalue weighted by Gasteiger charge is -2.12. The van der Waals surface area contributed by atoms with E-state index in [2.05, 4.69) is 17.1 Å². The van der Waals surface area contributed by atoms with Gasteiger partial charge in [-0.2, -0.15) is 0 Å². The quantitative estimate of drug-likeness (QED) is 0.697. The maximum absolute atomic E-state index is 5.47. The van der Waals surface area contributed by atoms with E-state index >= 15 is 0 Å². The maximum Gasteiger partial charge on any atom is 0.133 e. The summed E-state index contributed by atoms with van der Waals surface area (Å²) in [5.74, 6) is 2.05. The van der Waals surface area contributed by atoms with Gasteiger partial charge >= 0.3 is 0 Å². The molecular formula is C20H19NO3. The highest BCUT2D eigenvalue weighted by molar-refractivity contribution is 5.91. The van der Waals surface area contributed by atoms with E-state index in [0.717, 1.165) is 22.0 Å². The molecule has 1 heterocycles. The minimum Gasteiger partial charge on any atom is -0.496 e. The number of pyridine rings is 1. The van der Waals surface area contributed by atoms with E-state index < -0.39 is 0 Å². The highest BCUT2D eigenvalue weighted by Crippen LogP contribution is 2.35. The third-order valence-electron chi connectivity index (χ3n) is 3.87. The van der Waals surface area contributed by atoms with E-state index in [1.807, 2.05) is 48.7 Å². The van der Waals surface area contributed by atoms with E-state index in [0.29, 0.717) is 17.2 Å². The molecule has 0 aliphatic heterocycles. The molecule has 3 rings (SSSR count). The second-order valence-electron chi connectivity index (χ2n) is 5.20. The Hall–Kier alpha value is -3.01. The Labute approximate surface area is 141 Å². The molecule has 0 saturated carbocycles. The van der Waals surface area contributed by atoms with Crippen molar-refractivity contribution in [1.82, 2.24) is 4.98 Å². The predicted octanol–water partition coefficient (Wildman–Crippen LogP) is 4.43. The Balaban J connectivity index is 2.08. The number of rotatable bonds is 5. The van der Waals surface area contributed by atoms with Gasteiger partial charge in [-0.05, 0) is 23.6 Å². The van der Waals surface area contributed by atoms with Crippen molar-refractivity contribution in [3.63, 3.8) is 0 Å². The van der Waals surface area contributed by atoms with Crippen LogP contribution in [0.5, 0.6) is 17.2 Å². The van der Waals surface area contributed by atoms with E-state index in [1.54, 1.807) is 21.3 Å². The normalized spacial score (nSPS) is 11.0. The van der Waals surface area contributed by atoms with Crippen molar-refractivity contribution in [2.24, 2.45) is 0 Å². The molecule has 0 saturated heterocycles. The van der Waals surface area contributed by atoms with Crippen molar-refractivity contribution in [1.29, 1.82) is 0 Å². The summed E-state index contributed by atoms with van der Waals surface area (Å²) in [6.45, 7) is 0. The molecule has 4 nitrogen and oxygen atoms in total. The number of fused-ring (bicyclic) bond motifs is 1. The van der Waals surface area contributed by atoms with Crippen LogP contribution < -0.4 is 14.2 Å². The molecule has 0 spiro atoms. The molecule has 0 unspecified atom stereocenters. The number of hydrogen-bond acceptors (Lipinski definition) is 4. The molecule has 0 radical (unpaired) electrons. The van der Waals surface area contributed by atoms with Gasteiger partial charge in [0.15, 0.2) is 0 Å². The average molecular weight is 321 g/mol. The molecule has 4 heteroatoms. The SMILES string of the molecule is COc1cc(OC)c(/C=C/c2nccc3ccccc23)c(OC)c1. The van der Waals surface area contributed by atoms with Gasteiger partial charge in [0.2, 0.25) is 0 Å². The smallest absolute Gasteiger partial charge is 0.133 e. The fourth-order valence-electron chi connectivity index (χ4n) is 2.63. The lowest BCUT2D eigenvalue weighted by molar-refractivity contribution is 0.374. The van der Waals surface area contributed by atoms with Crippen LogP contribution in [0.2, 0.25) is 0 Å². The van der Waals surface area contributed by atoms with Crippen molar-refractivity contribution >= 4 is 22.9 Å². The third kappa shape index (κ3) is 3.04. The van der Waals surface area contributed by atoms with Gasteiger partial charge in [-0.25, -0.2) is 0 Å². The number of ether oxygens (including phenoxy) is 3. The fraction of sp³-hybridized carbons (Fsp3) is 0.150. The monoisotopic (exact) mass is 321 g/mol. The first-order valence-corrected chi connectivity index (χ1v) is 7.58. The van der Waals surface area contributed by atoms with Crippen molar-refractivity contribution < 1.29 is 14.2 Å². The van der Waals surface area contributed by atoms with Gasteiger partial charge in [0.1, 0.15) is 17.2 Å². The molecule has 24 heavy (non-hydrogen) atoms. The average Bonchev–Trinajstić information content (AvgIpc) is 2.65. The summed E-state index contributed by atoms with van der Waals surface area (Å²) in [5.41, 5.74) is 1.74. The molecule has 0 atom stereocenters. The standard InChI is InChI=1S/C20H19NO3/c1-22-15-12-19(23-2)17(20(13-15)24-3)8-9-18-16-7-5-4-6-14(16)10-11-21-18/h4-13H,1-3H3/b9-8+. The lowest BCUT2D eigenvalue weighted by Crippen LogP contribution is -1.94. The lowest BCUT2D eigenvalue weighted by atomic mass is 10.1. The van der Waals surface area contributed by atoms with Crippen LogP contribution in [0.25, 0.3) is 22.9 Å². The van der Waals surface area contributed by atoms with Crippen LogP contribution in [0.4, 0.5) is 0 Å². The number of benzene rings is 2. The number of methoxy groups -OCH3 is 3. The van der Waals surface area contributed by atoms with E-state index in [1.165, 1.54) is 0 Å². The molecule has 3 aromatic rings. The van der Waals surface area contributed by atoms with Crippen LogP contribution in [-0.2, 0) is 0 Å². The highest BCUT2D eigenvalue weighted by atomic mass is 16.5. The highest BCUT2D eigenvalue weighted by Gasteiger charge is 2.11. The zero-order valence-electron chi connectivity index (χ0n) is 13.9. The molecular weight excluding hydrogens is 302 g/mol. The topological polar surface area (TPSA) is 40.6 Å². The van der Waals surface area contributed by atoms with Crippen molar-refractivity contribution in [3.8, 4) is 17.2 Å². The van der Waals surface area contributed by atoms with Gasteiger partial charge in [-0.15, -0.1) is 0 Å². The predicted molar refractivity (Wildman–Crippen MR) is 96.8 cm³/mol. The number of hydrogen-bond donors (Lipinski definition) is 0. The van der Waals surface area contributed by atoms with Crippen LogP contribution in [-0.4, -0.2) is 26.3 Å². The van der Waals surface area contributed by atoms with Crippen molar-refractivity contribution in [3.05, 3.63) is 59.9 Å². The largest absolute Gasteiger partial charge is 0.496 e. The summed E-state index contributed by atoms with van der Waals surface area (Å²) in [7, 11) is 4.87. The summed E-state index contributed by atoms with van der Waals surface area (Å²) in [6.07, 6.45) is 5.73. The van der Waals surface area contributed by atoms with Crippen molar-refractivity contribution in [2.75, 3.05) is 21.3 Å². The minimum atomic E-state index is 0.683. The summed E-state index contributed by atoms with van der Waals surface area (Å²) in [4.78, 5) is 4.47. The van der Waals surface area contributed by atoms with Crippen molar-refractivity contribution in [2.45, 2.75) is 0 Å². The van der Waals surface area contributed by atoms with Crippen LogP contribution in [0, 0.1) is 0 Å². The van der Waals surface area contributed by atoms with E-state index in [4.69, 9.17) is 14.2 Å². The molecule has 0 aliphatic rings. The molecule has 122 valence electrons. The second-order valence-corrected chi connectivity index (χ2v) is 5.20. The molecule has 0 amide bonds. The summed E-state index contributed by atoms with van der Waals surface area (Å²) >= 11 is 0. The fourth-order valence-corrected chi connectivity index (χ4v) is 2.63. The molecule has 0 aliphatic carbocycles. The molecule has 0 fully saturated rings. The molecule has 0 bridgehead atoms. The number of nitrogens with zero attached hydrogens (tertiary/aromatic N) is 1. The molecule has 2 aromatic carbocycles. The molecule has 0 N–H and O–H groups in total. The van der Waals surface area contributed by atoms with Crippen LogP contribution >= 0.6 is 0 Å². The van der Waals surface area contributed by atoms with E-state index in [-0.39, 0.29) is 0 Å².